The number of nitrogens with zero attached hydrogens (tertiary/aromatic N) is 6. The first-order valence-corrected chi connectivity index (χ1v) is 13.6. The number of pyridine rings is 2. The lowest BCUT2D eigenvalue weighted by Crippen LogP contribution is -2.35. The number of aliphatic hydroxyl groups excluding tert-OH is 1. The van der Waals surface area contributed by atoms with Gasteiger partial charge in [-0.3, -0.25) is 8.99 Å². The van der Waals surface area contributed by atoms with Crippen molar-refractivity contribution in [3.05, 3.63) is 66.6 Å². The van der Waals surface area contributed by atoms with Crippen LogP contribution in [-0.4, -0.2) is 65.8 Å². The quantitative estimate of drug-likeness (QED) is 0.392. The monoisotopic (exact) mass is 507 g/mol. The molecule has 0 aliphatic carbocycles. The van der Waals surface area contributed by atoms with E-state index in [0.29, 0.717) is 18.2 Å². The number of aliphatic hydroxyl groups is 1. The van der Waals surface area contributed by atoms with Crippen LogP contribution >= 0.6 is 0 Å². The van der Waals surface area contributed by atoms with Gasteiger partial charge in [0.1, 0.15) is 11.6 Å². The number of sulfonamides is 1. The number of piperidine rings is 1. The maximum absolute atomic E-state index is 12.1. The molecule has 0 unspecified atom stereocenters. The summed E-state index contributed by atoms with van der Waals surface area (Å²) in [5.41, 5.74) is 3.66. The number of rotatable bonds is 7. The van der Waals surface area contributed by atoms with Gasteiger partial charge in [-0.1, -0.05) is 6.07 Å². The van der Waals surface area contributed by atoms with Crippen LogP contribution in [0.15, 0.2) is 61.1 Å². The molecule has 1 saturated heterocycles. The molecular weight excluding hydrogens is 478 g/mol. The maximum Gasteiger partial charge on any atom is 0.233 e. The average molecular weight is 508 g/mol. The maximum atomic E-state index is 12.1. The minimum Gasteiger partial charge on any atom is -0.393 e. The molecule has 5 rings (SSSR count). The molecule has 1 fully saturated rings. The first-order chi connectivity index (χ1) is 17.3. The SMILES string of the molecule is CN(c1ncccc1Cn1ncc2cnc(Nc3ccc(N4CCC(O)CC4)cc3)cc21)S(C)(=O)=O. The van der Waals surface area contributed by atoms with Crippen molar-refractivity contribution in [3.8, 4) is 0 Å². The Labute approximate surface area is 210 Å². The molecule has 188 valence electrons. The summed E-state index contributed by atoms with van der Waals surface area (Å²) in [6, 6.07) is 13.8. The minimum atomic E-state index is -3.45. The molecule has 0 radical (unpaired) electrons. The van der Waals surface area contributed by atoms with E-state index < -0.39 is 10.0 Å². The van der Waals surface area contributed by atoms with Crippen LogP contribution in [0.25, 0.3) is 10.9 Å². The van der Waals surface area contributed by atoms with Crippen LogP contribution in [0.4, 0.5) is 23.0 Å². The molecule has 1 aliphatic heterocycles. The van der Waals surface area contributed by atoms with Crippen LogP contribution in [0, 0.1) is 0 Å². The van der Waals surface area contributed by atoms with Gasteiger partial charge in [0.25, 0.3) is 0 Å². The zero-order valence-corrected chi connectivity index (χ0v) is 21.1. The molecular formula is C25H29N7O3S. The second-order valence-electron chi connectivity index (χ2n) is 9.04. The molecule has 3 aromatic heterocycles. The molecule has 0 atom stereocenters. The van der Waals surface area contributed by atoms with Crippen molar-refractivity contribution in [1.29, 1.82) is 0 Å². The normalized spacial score (nSPS) is 14.8. The molecule has 4 aromatic rings. The van der Waals surface area contributed by atoms with E-state index in [2.05, 4.69) is 37.4 Å². The van der Waals surface area contributed by atoms with Crippen molar-refractivity contribution in [3.63, 3.8) is 0 Å². The minimum absolute atomic E-state index is 0.193. The van der Waals surface area contributed by atoms with E-state index in [9.17, 15) is 13.5 Å². The summed E-state index contributed by atoms with van der Waals surface area (Å²) in [5, 5.41) is 18.5. The third kappa shape index (κ3) is 5.12. The predicted octanol–water partition coefficient (Wildman–Crippen LogP) is 2.98. The van der Waals surface area contributed by atoms with Gasteiger partial charge >= 0.3 is 0 Å². The Morgan fingerprint density at radius 2 is 1.86 bits per heavy atom. The molecule has 1 aliphatic rings. The van der Waals surface area contributed by atoms with E-state index in [1.54, 1.807) is 24.7 Å². The topological polar surface area (TPSA) is 116 Å². The van der Waals surface area contributed by atoms with E-state index in [-0.39, 0.29) is 6.10 Å². The molecule has 2 N–H and O–H groups in total. The Kier molecular flexibility index (Phi) is 6.50. The van der Waals surface area contributed by atoms with Gasteiger partial charge < -0.3 is 15.3 Å². The summed E-state index contributed by atoms with van der Waals surface area (Å²) >= 11 is 0. The van der Waals surface area contributed by atoms with E-state index in [0.717, 1.165) is 60.0 Å². The summed E-state index contributed by atoms with van der Waals surface area (Å²) in [6.45, 7) is 2.07. The third-order valence-corrected chi connectivity index (χ3v) is 7.65. The van der Waals surface area contributed by atoms with Crippen LogP contribution in [-0.2, 0) is 16.6 Å². The van der Waals surface area contributed by atoms with E-state index in [1.165, 1.54) is 11.4 Å². The van der Waals surface area contributed by atoms with Crippen LogP contribution < -0.4 is 14.5 Å². The average Bonchev–Trinajstić information content (AvgIpc) is 3.26. The van der Waals surface area contributed by atoms with Gasteiger partial charge in [-0.2, -0.15) is 5.10 Å². The first kappa shape index (κ1) is 24.0. The van der Waals surface area contributed by atoms with Gasteiger partial charge in [0, 0.05) is 60.9 Å². The van der Waals surface area contributed by atoms with Gasteiger partial charge in [-0.05, 0) is 43.2 Å². The van der Waals surface area contributed by atoms with Crippen LogP contribution in [0.1, 0.15) is 18.4 Å². The molecule has 11 heteroatoms. The Morgan fingerprint density at radius 1 is 1.11 bits per heavy atom. The van der Waals surface area contributed by atoms with E-state index in [1.807, 2.05) is 28.9 Å². The highest BCUT2D eigenvalue weighted by atomic mass is 32.2. The fraction of sp³-hybridized carbons (Fsp3) is 0.320. The zero-order valence-electron chi connectivity index (χ0n) is 20.2. The van der Waals surface area contributed by atoms with Gasteiger partial charge in [0.05, 0.1) is 30.6 Å². The largest absolute Gasteiger partial charge is 0.393 e. The fourth-order valence-electron chi connectivity index (χ4n) is 4.35. The number of hydrogen-bond acceptors (Lipinski definition) is 8. The first-order valence-electron chi connectivity index (χ1n) is 11.8. The second kappa shape index (κ2) is 9.75. The van der Waals surface area contributed by atoms with Crippen molar-refractivity contribution in [1.82, 2.24) is 19.7 Å². The number of benzene rings is 1. The molecule has 0 amide bonds. The van der Waals surface area contributed by atoms with E-state index >= 15 is 0 Å². The Bertz CT molecular complexity index is 1460. The van der Waals surface area contributed by atoms with Crippen LogP contribution in [0.2, 0.25) is 0 Å². The number of anilines is 4. The van der Waals surface area contributed by atoms with Gasteiger partial charge in [-0.15, -0.1) is 0 Å². The summed E-state index contributed by atoms with van der Waals surface area (Å²) in [4.78, 5) is 11.1. The molecule has 0 bridgehead atoms. The highest BCUT2D eigenvalue weighted by molar-refractivity contribution is 7.92. The molecule has 1 aromatic carbocycles. The lowest BCUT2D eigenvalue weighted by Gasteiger charge is -2.31. The Morgan fingerprint density at radius 3 is 2.58 bits per heavy atom. The van der Waals surface area contributed by atoms with Crippen molar-refractivity contribution in [2.24, 2.45) is 0 Å². The summed E-state index contributed by atoms with van der Waals surface area (Å²) in [5.74, 6) is 1.05. The Hall–Kier alpha value is -3.70. The summed E-state index contributed by atoms with van der Waals surface area (Å²) in [6.07, 6.45) is 7.64. The lowest BCUT2D eigenvalue weighted by atomic mass is 10.1. The highest BCUT2D eigenvalue weighted by Crippen LogP contribution is 2.26. The fourth-order valence-corrected chi connectivity index (χ4v) is 4.83. The molecule has 36 heavy (non-hydrogen) atoms. The number of hydrogen-bond donors (Lipinski definition) is 2. The predicted molar refractivity (Wildman–Crippen MR) is 141 cm³/mol. The summed E-state index contributed by atoms with van der Waals surface area (Å²) in [7, 11) is -1.95. The zero-order chi connectivity index (χ0) is 25.3. The van der Waals surface area contributed by atoms with Gasteiger partial charge in [0.2, 0.25) is 10.0 Å². The van der Waals surface area contributed by atoms with Crippen molar-refractivity contribution < 1.29 is 13.5 Å². The Balaban J connectivity index is 1.35. The number of nitrogens with one attached hydrogen (secondary N) is 1. The highest BCUT2D eigenvalue weighted by Gasteiger charge is 2.19. The third-order valence-electron chi connectivity index (χ3n) is 6.48. The van der Waals surface area contributed by atoms with Gasteiger partial charge in [0.15, 0.2) is 0 Å². The lowest BCUT2D eigenvalue weighted by molar-refractivity contribution is 0.145. The number of aromatic nitrogens is 4. The molecule has 0 saturated carbocycles. The molecule has 0 spiro atoms. The van der Waals surface area contributed by atoms with E-state index in [4.69, 9.17) is 0 Å². The van der Waals surface area contributed by atoms with Crippen molar-refractivity contribution in [2.45, 2.75) is 25.5 Å². The van der Waals surface area contributed by atoms with Gasteiger partial charge in [-0.25, -0.2) is 18.4 Å². The van der Waals surface area contributed by atoms with Crippen molar-refractivity contribution in [2.75, 3.05) is 40.9 Å². The molecule has 10 nitrogen and oxygen atoms in total. The second-order valence-corrected chi connectivity index (χ2v) is 11.1. The van der Waals surface area contributed by atoms with Crippen LogP contribution in [0.3, 0.4) is 0 Å². The van der Waals surface area contributed by atoms with Crippen molar-refractivity contribution >= 4 is 43.9 Å². The summed E-state index contributed by atoms with van der Waals surface area (Å²) < 4.78 is 27.1. The standard InChI is InChI=1S/C25H29N7O3S/c1-30(36(2,34)35)25-18(4-3-11-26-25)17-32-23-14-24(27-15-19(23)16-28-32)29-20-5-7-21(8-6-20)31-12-9-22(33)10-13-31/h3-8,11,14-16,22,33H,9-10,12-13,17H2,1-2H3,(H,27,29). The number of fused-ring (bicyclic) bond motifs is 1. The molecule has 4 heterocycles. The smallest absolute Gasteiger partial charge is 0.233 e. The van der Waals surface area contributed by atoms with Crippen LogP contribution in [0.5, 0.6) is 0 Å².